The van der Waals surface area contributed by atoms with E-state index in [0.29, 0.717) is 6.04 Å². The highest BCUT2D eigenvalue weighted by Gasteiger charge is 2.15. The lowest BCUT2D eigenvalue weighted by atomic mass is 10.0. The fraction of sp³-hybridized carbons (Fsp3) is 0.667. The highest BCUT2D eigenvalue weighted by atomic mass is 32.2. The number of nitrogens with zero attached hydrogens (tertiary/aromatic N) is 1. The standard InChI is InChI=1S/C15H24N2S/c1-3-16-12(2)13-9-10-15(17-11-13)18-14-7-5-4-6-8-14/h9-12,14,16H,3-8H2,1-2H3. The maximum atomic E-state index is 4.60. The SMILES string of the molecule is CCNC(C)c1ccc(SC2CCCCC2)nc1. The smallest absolute Gasteiger partial charge is 0.0962 e. The summed E-state index contributed by atoms with van der Waals surface area (Å²) in [5.41, 5.74) is 1.28. The van der Waals surface area contributed by atoms with E-state index in [2.05, 4.69) is 36.3 Å². The molecule has 1 aromatic heterocycles. The Morgan fingerprint density at radius 2 is 2.11 bits per heavy atom. The summed E-state index contributed by atoms with van der Waals surface area (Å²) in [6, 6.07) is 4.80. The summed E-state index contributed by atoms with van der Waals surface area (Å²) in [4.78, 5) is 4.60. The van der Waals surface area contributed by atoms with Gasteiger partial charge in [-0.05, 0) is 37.9 Å². The molecule has 100 valence electrons. The van der Waals surface area contributed by atoms with E-state index in [9.17, 15) is 0 Å². The van der Waals surface area contributed by atoms with Gasteiger partial charge in [0.25, 0.3) is 0 Å². The van der Waals surface area contributed by atoms with Crippen molar-refractivity contribution in [2.75, 3.05) is 6.54 Å². The van der Waals surface area contributed by atoms with Gasteiger partial charge in [0.1, 0.15) is 0 Å². The summed E-state index contributed by atoms with van der Waals surface area (Å²) < 4.78 is 0. The number of aromatic nitrogens is 1. The first-order valence-electron chi connectivity index (χ1n) is 7.15. The van der Waals surface area contributed by atoms with Crippen LogP contribution in [0.1, 0.15) is 57.6 Å². The zero-order valence-electron chi connectivity index (χ0n) is 11.5. The van der Waals surface area contributed by atoms with E-state index in [4.69, 9.17) is 0 Å². The lowest BCUT2D eigenvalue weighted by Gasteiger charge is -2.20. The summed E-state index contributed by atoms with van der Waals surface area (Å²) >= 11 is 1.97. The van der Waals surface area contributed by atoms with E-state index in [0.717, 1.165) is 11.8 Å². The minimum atomic E-state index is 0.399. The van der Waals surface area contributed by atoms with Crippen LogP contribution in [0.15, 0.2) is 23.4 Å². The average molecular weight is 264 g/mol. The monoisotopic (exact) mass is 264 g/mol. The van der Waals surface area contributed by atoms with Gasteiger partial charge in [0.05, 0.1) is 5.03 Å². The molecule has 0 spiro atoms. The van der Waals surface area contributed by atoms with Gasteiger partial charge < -0.3 is 5.32 Å². The van der Waals surface area contributed by atoms with Crippen LogP contribution in [0.4, 0.5) is 0 Å². The van der Waals surface area contributed by atoms with Crippen molar-refractivity contribution in [1.29, 1.82) is 0 Å². The van der Waals surface area contributed by atoms with Crippen molar-refractivity contribution in [3.05, 3.63) is 23.9 Å². The molecule has 0 bridgehead atoms. The van der Waals surface area contributed by atoms with E-state index in [-0.39, 0.29) is 0 Å². The van der Waals surface area contributed by atoms with Crippen LogP contribution in [0.5, 0.6) is 0 Å². The van der Waals surface area contributed by atoms with Crippen LogP contribution in [0.3, 0.4) is 0 Å². The molecule has 1 heterocycles. The van der Waals surface area contributed by atoms with E-state index in [1.54, 1.807) is 0 Å². The van der Waals surface area contributed by atoms with Crippen molar-refractivity contribution in [2.24, 2.45) is 0 Å². The second-order valence-electron chi connectivity index (χ2n) is 5.09. The second kappa shape index (κ2) is 7.15. The summed E-state index contributed by atoms with van der Waals surface area (Å²) in [5.74, 6) is 0. The molecule has 1 aliphatic carbocycles. The molecule has 0 amide bonds. The van der Waals surface area contributed by atoms with Gasteiger partial charge in [0.15, 0.2) is 0 Å². The molecule has 1 fully saturated rings. The molecule has 0 aromatic carbocycles. The molecule has 2 nitrogen and oxygen atoms in total. The lowest BCUT2D eigenvalue weighted by molar-refractivity contribution is 0.515. The van der Waals surface area contributed by atoms with Crippen LogP contribution in [-0.2, 0) is 0 Å². The second-order valence-corrected chi connectivity index (χ2v) is 6.41. The third-order valence-electron chi connectivity index (χ3n) is 3.61. The normalized spacial score (nSPS) is 18.8. The Labute approximate surface area is 115 Å². The molecule has 1 saturated carbocycles. The highest BCUT2D eigenvalue weighted by molar-refractivity contribution is 7.99. The van der Waals surface area contributed by atoms with Crippen LogP contribution >= 0.6 is 11.8 Å². The van der Waals surface area contributed by atoms with Gasteiger partial charge in [-0.1, -0.05) is 32.3 Å². The van der Waals surface area contributed by atoms with Gasteiger partial charge in [0, 0.05) is 17.5 Å². The van der Waals surface area contributed by atoms with E-state index in [1.165, 1.54) is 42.7 Å². The van der Waals surface area contributed by atoms with Crippen molar-refractivity contribution in [2.45, 2.75) is 62.3 Å². The molecule has 1 atom stereocenters. The molecule has 0 radical (unpaired) electrons. The predicted molar refractivity (Wildman–Crippen MR) is 79.1 cm³/mol. The summed E-state index contributed by atoms with van der Waals surface area (Å²) in [6.07, 6.45) is 8.96. The molecule has 0 saturated heterocycles. The van der Waals surface area contributed by atoms with Crippen LogP contribution < -0.4 is 5.32 Å². The Kier molecular flexibility index (Phi) is 5.51. The molecular formula is C15H24N2S. The lowest BCUT2D eigenvalue weighted by Crippen LogP contribution is -2.17. The fourth-order valence-electron chi connectivity index (χ4n) is 2.50. The molecule has 1 aliphatic rings. The third kappa shape index (κ3) is 3.99. The maximum absolute atomic E-state index is 4.60. The first-order valence-corrected chi connectivity index (χ1v) is 8.03. The van der Waals surface area contributed by atoms with Crippen molar-refractivity contribution < 1.29 is 0 Å². The largest absolute Gasteiger partial charge is 0.310 e. The third-order valence-corrected chi connectivity index (χ3v) is 4.90. The van der Waals surface area contributed by atoms with Crippen molar-refractivity contribution in [3.63, 3.8) is 0 Å². The summed E-state index contributed by atoms with van der Waals surface area (Å²) in [7, 11) is 0. The van der Waals surface area contributed by atoms with Crippen LogP contribution in [0, 0.1) is 0 Å². The van der Waals surface area contributed by atoms with Crippen molar-refractivity contribution in [1.82, 2.24) is 10.3 Å². The molecule has 1 N–H and O–H groups in total. The first kappa shape index (κ1) is 13.9. The molecule has 1 unspecified atom stereocenters. The number of hydrogen-bond donors (Lipinski definition) is 1. The Bertz CT molecular complexity index is 344. The van der Waals surface area contributed by atoms with Gasteiger partial charge in [-0.2, -0.15) is 0 Å². The van der Waals surface area contributed by atoms with Crippen LogP contribution in [-0.4, -0.2) is 16.8 Å². The fourth-order valence-corrected chi connectivity index (χ4v) is 3.67. The number of hydrogen-bond acceptors (Lipinski definition) is 3. The number of pyridine rings is 1. The molecule has 2 rings (SSSR count). The molecule has 0 aliphatic heterocycles. The van der Waals surface area contributed by atoms with Crippen molar-refractivity contribution >= 4 is 11.8 Å². The summed E-state index contributed by atoms with van der Waals surface area (Å²) in [6.45, 7) is 5.32. The first-order chi connectivity index (χ1) is 8.79. The van der Waals surface area contributed by atoms with Gasteiger partial charge in [-0.3, -0.25) is 0 Å². The molecular weight excluding hydrogens is 240 g/mol. The van der Waals surface area contributed by atoms with Gasteiger partial charge >= 0.3 is 0 Å². The summed E-state index contributed by atoms with van der Waals surface area (Å²) in [5, 5.41) is 5.40. The quantitative estimate of drug-likeness (QED) is 0.863. The van der Waals surface area contributed by atoms with Gasteiger partial charge in [-0.15, -0.1) is 11.8 Å². The van der Waals surface area contributed by atoms with Gasteiger partial charge in [-0.25, -0.2) is 4.98 Å². The van der Waals surface area contributed by atoms with E-state index < -0.39 is 0 Å². The average Bonchev–Trinajstić information content (AvgIpc) is 2.41. The predicted octanol–water partition coefficient (Wildman–Crippen LogP) is 4.18. The Balaban J connectivity index is 1.90. The molecule has 3 heteroatoms. The van der Waals surface area contributed by atoms with Gasteiger partial charge in [0.2, 0.25) is 0 Å². The van der Waals surface area contributed by atoms with Crippen LogP contribution in [0.2, 0.25) is 0 Å². The topological polar surface area (TPSA) is 24.9 Å². The maximum Gasteiger partial charge on any atom is 0.0962 e. The number of thioether (sulfide) groups is 1. The number of rotatable bonds is 5. The van der Waals surface area contributed by atoms with Crippen molar-refractivity contribution in [3.8, 4) is 0 Å². The highest BCUT2D eigenvalue weighted by Crippen LogP contribution is 2.32. The molecule has 18 heavy (non-hydrogen) atoms. The Hall–Kier alpha value is -0.540. The Morgan fingerprint density at radius 1 is 1.33 bits per heavy atom. The minimum absolute atomic E-state index is 0.399. The van der Waals surface area contributed by atoms with E-state index >= 15 is 0 Å². The molecule has 1 aromatic rings. The minimum Gasteiger partial charge on any atom is -0.310 e. The number of nitrogens with one attached hydrogen (secondary N) is 1. The Morgan fingerprint density at radius 3 is 2.72 bits per heavy atom. The zero-order chi connectivity index (χ0) is 12.8. The zero-order valence-corrected chi connectivity index (χ0v) is 12.3. The van der Waals surface area contributed by atoms with Crippen LogP contribution in [0.25, 0.3) is 0 Å². The van der Waals surface area contributed by atoms with E-state index in [1.807, 2.05) is 18.0 Å².